The summed E-state index contributed by atoms with van der Waals surface area (Å²) in [5, 5.41) is 2.86. The van der Waals surface area contributed by atoms with Crippen molar-refractivity contribution in [3.63, 3.8) is 0 Å². The third kappa shape index (κ3) is 3.95. The Labute approximate surface area is 121 Å². The summed E-state index contributed by atoms with van der Waals surface area (Å²) in [7, 11) is 2.14. The van der Waals surface area contributed by atoms with E-state index >= 15 is 0 Å². The second-order valence-corrected chi connectivity index (χ2v) is 6.21. The van der Waals surface area contributed by atoms with Crippen molar-refractivity contribution in [1.29, 1.82) is 0 Å². The summed E-state index contributed by atoms with van der Waals surface area (Å²) in [6.07, 6.45) is 4.49. The molecule has 2 atom stereocenters. The van der Waals surface area contributed by atoms with Crippen LogP contribution in [0.5, 0.6) is 0 Å². The zero-order valence-electron chi connectivity index (χ0n) is 12.7. The van der Waals surface area contributed by atoms with Crippen molar-refractivity contribution < 1.29 is 9.59 Å². The fraction of sp³-hybridized carbons (Fsp3) is 0.867. The Balaban J connectivity index is 1.97. The van der Waals surface area contributed by atoms with Gasteiger partial charge in [0.25, 0.3) is 0 Å². The van der Waals surface area contributed by atoms with Crippen LogP contribution in [0.15, 0.2) is 0 Å². The molecule has 114 valence electrons. The number of nitrogens with zero attached hydrogens (tertiary/aromatic N) is 2. The van der Waals surface area contributed by atoms with Crippen LogP contribution in [0.2, 0.25) is 0 Å². The number of likely N-dealkylation sites (tertiary alicyclic amines) is 1. The Morgan fingerprint density at radius 2 is 2.10 bits per heavy atom. The summed E-state index contributed by atoms with van der Waals surface area (Å²) in [4.78, 5) is 28.5. The molecule has 1 N–H and O–H groups in total. The molecule has 0 spiro atoms. The number of amides is 2. The number of piperidine rings is 1. The first-order valence-electron chi connectivity index (χ1n) is 7.86. The standard InChI is InChI=1S/C15H27N3O2/c1-3-5-13-15(20)18(9-7-14(19)16-13)11-12-6-4-8-17(2)10-12/h12-13H,3-11H2,1-2H3,(H,16,19). The Bertz CT molecular complexity index is 359. The predicted molar refractivity (Wildman–Crippen MR) is 78.3 cm³/mol. The van der Waals surface area contributed by atoms with E-state index in [0.29, 0.717) is 18.9 Å². The highest BCUT2D eigenvalue weighted by Crippen LogP contribution is 2.18. The summed E-state index contributed by atoms with van der Waals surface area (Å²) < 4.78 is 0. The first-order valence-corrected chi connectivity index (χ1v) is 7.86. The van der Waals surface area contributed by atoms with Gasteiger partial charge in [-0.3, -0.25) is 9.59 Å². The number of hydrogen-bond donors (Lipinski definition) is 1. The Kier molecular flexibility index (Phi) is 5.40. The lowest BCUT2D eigenvalue weighted by Gasteiger charge is -2.34. The largest absolute Gasteiger partial charge is 0.344 e. The third-order valence-corrected chi connectivity index (χ3v) is 4.33. The van der Waals surface area contributed by atoms with Gasteiger partial charge in [-0.1, -0.05) is 13.3 Å². The van der Waals surface area contributed by atoms with E-state index in [0.717, 1.165) is 32.5 Å². The Morgan fingerprint density at radius 1 is 1.30 bits per heavy atom. The van der Waals surface area contributed by atoms with Crippen LogP contribution in [0.3, 0.4) is 0 Å². The maximum absolute atomic E-state index is 12.5. The molecule has 2 rings (SSSR count). The van der Waals surface area contributed by atoms with Gasteiger partial charge in [0, 0.05) is 26.1 Å². The smallest absolute Gasteiger partial charge is 0.245 e. The first kappa shape index (κ1) is 15.3. The molecule has 2 saturated heterocycles. The van der Waals surface area contributed by atoms with Gasteiger partial charge in [-0.25, -0.2) is 0 Å². The molecular formula is C15H27N3O2. The van der Waals surface area contributed by atoms with E-state index < -0.39 is 0 Å². The molecule has 20 heavy (non-hydrogen) atoms. The SMILES string of the molecule is CCCC1NC(=O)CCN(CC2CCCN(C)C2)C1=O. The monoisotopic (exact) mass is 281 g/mol. The summed E-state index contributed by atoms with van der Waals surface area (Å²) in [5.41, 5.74) is 0. The van der Waals surface area contributed by atoms with Gasteiger partial charge in [0.05, 0.1) is 0 Å². The van der Waals surface area contributed by atoms with Gasteiger partial charge >= 0.3 is 0 Å². The molecule has 2 unspecified atom stereocenters. The molecule has 5 nitrogen and oxygen atoms in total. The van der Waals surface area contributed by atoms with E-state index in [1.807, 2.05) is 11.8 Å². The van der Waals surface area contributed by atoms with Crippen molar-refractivity contribution in [1.82, 2.24) is 15.1 Å². The number of nitrogens with one attached hydrogen (secondary N) is 1. The van der Waals surface area contributed by atoms with E-state index in [1.54, 1.807) is 0 Å². The van der Waals surface area contributed by atoms with Gasteiger partial charge in [0.2, 0.25) is 11.8 Å². The summed E-state index contributed by atoms with van der Waals surface area (Å²) in [5.74, 6) is 0.680. The summed E-state index contributed by atoms with van der Waals surface area (Å²) in [6, 6.07) is -0.309. The molecule has 2 aliphatic heterocycles. The normalized spacial score (nSPS) is 29.2. The average Bonchev–Trinajstić information content (AvgIpc) is 2.53. The maximum Gasteiger partial charge on any atom is 0.245 e. The minimum Gasteiger partial charge on any atom is -0.344 e. The molecule has 2 amide bonds. The van der Waals surface area contributed by atoms with Crippen molar-refractivity contribution in [2.75, 3.05) is 33.2 Å². The zero-order valence-corrected chi connectivity index (χ0v) is 12.7. The van der Waals surface area contributed by atoms with Gasteiger partial charge in [-0.2, -0.15) is 0 Å². The van der Waals surface area contributed by atoms with Gasteiger partial charge in [-0.05, 0) is 38.8 Å². The highest BCUT2D eigenvalue weighted by atomic mass is 16.2. The highest BCUT2D eigenvalue weighted by Gasteiger charge is 2.31. The van der Waals surface area contributed by atoms with E-state index in [4.69, 9.17) is 0 Å². The highest BCUT2D eigenvalue weighted by molar-refractivity contribution is 5.89. The molecule has 0 aliphatic carbocycles. The lowest BCUT2D eigenvalue weighted by Crippen LogP contribution is -2.47. The molecule has 0 aromatic carbocycles. The molecule has 5 heteroatoms. The fourth-order valence-corrected chi connectivity index (χ4v) is 3.29. The van der Waals surface area contributed by atoms with Crippen molar-refractivity contribution in [3.05, 3.63) is 0 Å². The third-order valence-electron chi connectivity index (χ3n) is 4.33. The molecule has 0 saturated carbocycles. The van der Waals surface area contributed by atoms with Crippen LogP contribution in [-0.4, -0.2) is 60.9 Å². The predicted octanol–water partition coefficient (Wildman–Crippen LogP) is 0.845. The average molecular weight is 281 g/mol. The lowest BCUT2D eigenvalue weighted by atomic mass is 9.97. The summed E-state index contributed by atoms with van der Waals surface area (Å²) >= 11 is 0. The summed E-state index contributed by atoms with van der Waals surface area (Å²) in [6.45, 7) is 5.64. The minimum absolute atomic E-state index is 0.0139. The van der Waals surface area contributed by atoms with Crippen molar-refractivity contribution in [3.8, 4) is 0 Å². The van der Waals surface area contributed by atoms with Crippen LogP contribution in [0.1, 0.15) is 39.0 Å². The van der Waals surface area contributed by atoms with Crippen LogP contribution < -0.4 is 5.32 Å². The van der Waals surface area contributed by atoms with Crippen LogP contribution >= 0.6 is 0 Å². The number of carbonyl (C=O) groups is 2. The van der Waals surface area contributed by atoms with Crippen LogP contribution in [0.4, 0.5) is 0 Å². The second-order valence-electron chi connectivity index (χ2n) is 6.21. The van der Waals surface area contributed by atoms with Crippen molar-refractivity contribution in [2.24, 2.45) is 5.92 Å². The topological polar surface area (TPSA) is 52.7 Å². The van der Waals surface area contributed by atoms with Crippen LogP contribution in [-0.2, 0) is 9.59 Å². The minimum atomic E-state index is -0.309. The molecule has 2 aliphatic rings. The lowest BCUT2D eigenvalue weighted by molar-refractivity contribution is -0.134. The van der Waals surface area contributed by atoms with E-state index in [9.17, 15) is 9.59 Å². The Morgan fingerprint density at radius 3 is 2.80 bits per heavy atom. The fourth-order valence-electron chi connectivity index (χ4n) is 3.29. The van der Waals surface area contributed by atoms with Crippen LogP contribution in [0.25, 0.3) is 0 Å². The zero-order chi connectivity index (χ0) is 14.5. The second kappa shape index (κ2) is 7.07. The molecule has 0 aromatic heterocycles. The van der Waals surface area contributed by atoms with Crippen LogP contribution in [0, 0.1) is 5.92 Å². The van der Waals surface area contributed by atoms with Gasteiger partial charge in [0.15, 0.2) is 0 Å². The van der Waals surface area contributed by atoms with Crippen molar-refractivity contribution in [2.45, 2.75) is 45.1 Å². The molecule has 0 bridgehead atoms. The van der Waals surface area contributed by atoms with Gasteiger partial charge < -0.3 is 15.1 Å². The molecule has 0 aromatic rings. The number of rotatable bonds is 4. The number of carbonyl (C=O) groups excluding carboxylic acids is 2. The molecule has 2 heterocycles. The van der Waals surface area contributed by atoms with Gasteiger partial charge in [0.1, 0.15) is 6.04 Å². The Hall–Kier alpha value is -1.10. The molecule has 2 fully saturated rings. The molecular weight excluding hydrogens is 254 g/mol. The quantitative estimate of drug-likeness (QED) is 0.831. The number of hydrogen-bond acceptors (Lipinski definition) is 3. The van der Waals surface area contributed by atoms with E-state index in [-0.39, 0.29) is 17.9 Å². The van der Waals surface area contributed by atoms with Crippen molar-refractivity contribution >= 4 is 11.8 Å². The first-order chi connectivity index (χ1) is 9.60. The van der Waals surface area contributed by atoms with E-state index in [2.05, 4.69) is 17.3 Å². The van der Waals surface area contributed by atoms with E-state index in [1.165, 1.54) is 12.8 Å². The van der Waals surface area contributed by atoms with Gasteiger partial charge in [-0.15, -0.1) is 0 Å². The maximum atomic E-state index is 12.5. The molecule has 0 radical (unpaired) electrons.